The molecule has 3 rings (SSSR count). The number of likely N-dealkylation sites (N-methyl/N-ethyl adjacent to an activating group) is 1. The van der Waals surface area contributed by atoms with Gasteiger partial charge in [0.05, 0.1) is 6.10 Å². The van der Waals surface area contributed by atoms with Crippen LogP contribution in [0.15, 0.2) is 65.6 Å². The molecule has 2 aromatic carbocycles. The summed E-state index contributed by atoms with van der Waals surface area (Å²) < 4.78 is 7.13. The molecule has 0 atom stereocenters. The van der Waals surface area contributed by atoms with Crippen LogP contribution in [0.25, 0.3) is 10.8 Å². The third kappa shape index (κ3) is 4.56. The van der Waals surface area contributed by atoms with Gasteiger partial charge in [0.1, 0.15) is 12.3 Å². The first kappa shape index (κ1) is 18.7. The van der Waals surface area contributed by atoms with Crippen molar-refractivity contribution in [2.75, 3.05) is 7.05 Å². The molecule has 0 spiro atoms. The predicted molar refractivity (Wildman–Crippen MR) is 107 cm³/mol. The number of hydrogen-bond acceptors (Lipinski definition) is 3. The van der Waals surface area contributed by atoms with E-state index in [1.807, 2.05) is 56.3 Å². The van der Waals surface area contributed by atoms with Crippen LogP contribution in [0, 0.1) is 0 Å². The van der Waals surface area contributed by atoms with E-state index in [0.29, 0.717) is 11.9 Å². The van der Waals surface area contributed by atoms with E-state index in [4.69, 9.17) is 4.74 Å². The first-order valence-electron chi connectivity index (χ1n) is 9.02. The molecule has 140 valence electrons. The van der Waals surface area contributed by atoms with E-state index in [9.17, 15) is 9.59 Å². The van der Waals surface area contributed by atoms with Crippen molar-refractivity contribution in [2.45, 2.75) is 33.0 Å². The average Bonchev–Trinajstić information content (AvgIpc) is 2.64. The van der Waals surface area contributed by atoms with Gasteiger partial charge in [0.2, 0.25) is 5.91 Å². The van der Waals surface area contributed by atoms with E-state index in [1.165, 1.54) is 4.57 Å². The molecule has 3 aromatic rings. The van der Waals surface area contributed by atoms with E-state index in [-0.39, 0.29) is 24.1 Å². The Morgan fingerprint density at radius 1 is 1.11 bits per heavy atom. The third-order valence-electron chi connectivity index (χ3n) is 4.31. The molecule has 0 bridgehead atoms. The van der Waals surface area contributed by atoms with E-state index in [0.717, 1.165) is 16.7 Å². The van der Waals surface area contributed by atoms with Gasteiger partial charge < -0.3 is 14.2 Å². The number of benzene rings is 2. The number of pyridine rings is 1. The number of fused-ring (bicyclic) bond motifs is 1. The highest BCUT2D eigenvalue weighted by Crippen LogP contribution is 2.19. The number of carbonyl (C=O) groups excluding carboxylic acids is 1. The molecule has 0 radical (unpaired) electrons. The van der Waals surface area contributed by atoms with Crippen molar-refractivity contribution in [3.05, 3.63) is 76.7 Å². The van der Waals surface area contributed by atoms with Gasteiger partial charge in [-0.2, -0.15) is 0 Å². The minimum absolute atomic E-state index is 0.0162. The summed E-state index contributed by atoms with van der Waals surface area (Å²) in [5, 5.41) is 1.38. The van der Waals surface area contributed by atoms with Gasteiger partial charge in [0.25, 0.3) is 5.56 Å². The quantitative estimate of drug-likeness (QED) is 0.673. The summed E-state index contributed by atoms with van der Waals surface area (Å²) in [7, 11) is 1.75. The fourth-order valence-electron chi connectivity index (χ4n) is 2.95. The number of aromatic nitrogens is 1. The highest BCUT2D eigenvalue weighted by molar-refractivity contribution is 5.83. The summed E-state index contributed by atoms with van der Waals surface area (Å²) in [6, 6.07) is 17.0. The lowest BCUT2D eigenvalue weighted by Crippen LogP contribution is -2.33. The Balaban J connectivity index is 1.77. The number of amides is 1. The zero-order chi connectivity index (χ0) is 19.4. The maximum absolute atomic E-state index is 12.7. The fraction of sp³-hybridized carbons (Fsp3) is 0.273. The Labute approximate surface area is 158 Å². The number of carbonyl (C=O) groups is 1. The minimum Gasteiger partial charge on any atom is -0.491 e. The van der Waals surface area contributed by atoms with Crippen molar-refractivity contribution in [3.63, 3.8) is 0 Å². The Morgan fingerprint density at radius 3 is 2.56 bits per heavy atom. The van der Waals surface area contributed by atoms with Crippen LogP contribution in [-0.2, 0) is 17.9 Å². The summed E-state index contributed by atoms with van der Waals surface area (Å²) >= 11 is 0. The molecule has 0 unspecified atom stereocenters. The van der Waals surface area contributed by atoms with Crippen LogP contribution in [0.1, 0.15) is 19.4 Å². The van der Waals surface area contributed by atoms with E-state index < -0.39 is 0 Å². The molecule has 0 fully saturated rings. The average molecular weight is 364 g/mol. The second kappa shape index (κ2) is 8.08. The molecule has 0 saturated heterocycles. The van der Waals surface area contributed by atoms with Crippen molar-refractivity contribution < 1.29 is 9.53 Å². The molecule has 5 nitrogen and oxygen atoms in total. The molecular weight excluding hydrogens is 340 g/mol. The lowest BCUT2D eigenvalue weighted by atomic mass is 10.1. The van der Waals surface area contributed by atoms with E-state index in [1.54, 1.807) is 30.3 Å². The van der Waals surface area contributed by atoms with Crippen LogP contribution in [-0.4, -0.2) is 28.5 Å². The monoisotopic (exact) mass is 364 g/mol. The molecule has 27 heavy (non-hydrogen) atoms. The van der Waals surface area contributed by atoms with Crippen LogP contribution in [0.5, 0.6) is 5.75 Å². The number of hydrogen-bond donors (Lipinski definition) is 0. The van der Waals surface area contributed by atoms with Gasteiger partial charge in [-0.1, -0.05) is 30.3 Å². The van der Waals surface area contributed by atoms with E-state index >= 15 is 0 Å². The summed E-state index contributed by atoms with van der Waals surface area (Å²) in [4.78, 5) is 26.9. The highest BCUT2D eigenvalue weighted by Gasteiger charge is 2.12. The zero-order valence-electron chi connectivity index (χ0n) is 15.9. The molecule has 1 aromatic heterocycles. The zero-order valence-corrected chi connectivity index (χ0v) is 15.9. The minimum atomic E-state index is -0.176. The van der Waals surface area contributed by atoms with Gasteiger partial charge >= 0.3 is 0 Å². The van der Waals surface area contributed by atoms with Gasteiger partial charge in [0, 0.05) is 25.2 Å². The van der Waals surface area contributed by atoms with Crippen LogP contribution in [0.4, 0.5) is 0 Å². The first-order chi connectivity index (χ1) is 12.9. The molecule has 0 aliphatic carbocycles. The van der Waals surface area contributed by atoms with E-state index in [2.05, 4.69) is 0 Å². The Morgan fingerprint density at radius 2 is 1.85 bits per heavy atom. The third-order valence-corrected chi connectivity index (χ3v) is 4.31. The maximum Gasteiger partial charge on any atom is 0.258 e. The normalized spacial score (nSPS) is 11.0. The molecule has 0 saturated carbocycles. The second-order valence-corrected chi connectivity index (χ2v) is 6.90. The first-order valence-corrected chi connectivity index (χ1v) is 9.02. The van der Waals surface area contributed by atoms with Crippen molar-refractivity contribution in [1.29, 1.82) is 0 Å². The number of ether oxygens (including phenoxy) is 1. The summed E-state index contributed by atoms with van der Waals surface area (Å²) in [5.74, 6) is 0.619. The van der Waals surface area contributed by atoms with Crippen LogP contribution in [0.3, 0.4) is 0 Å². The molecule has 1 amide bonds. The Bertz CT molecular complexity index is 993. The SMILES string of the molecule is CC(C)Oc1ccc2c(=O)n(CC(=O)N(C)Cc3ccccc3)ccc2c1. The predicted octanol–water partition coefficient (Wildman–Crippen LogP) is 3.45. The number of rotatable bonds is 6. The summed E-state index contributed by atoms with van der Waals surface area (Å²) in [5.41, 5.74) is 0.877. The van der Waals surface area contributed by atoms with Crippen LogP contribution in [0.2, 0.25) is 0 Å². The molecule has 0 aliphatic heterocycles. The summed E-state index contributed by atoms with van der Waals surface area (Å²) in [6.45, 7) is 4.44. The van der Waals surface area contributed by atoms with Crippen molar-refractivity contribution in [3.8, 4) is 5.75 Å². The largest absolute Gasteiger partial charge is 0.491 e. The van der Waals surface area contributed by atoms with Crippen LogP contribution >= 0.6 is 0 Å². The summed E-state index contributed by atoms with van der Waals surface area (Å²) in [6.07, 6.45) is 1.73. The Kier molecular flexibility index (Phi) is 5.60. The lowest BCUT2D eigenvalue weighted by Gasteiger charge is -2.18. The molecule has 0 N–H and O–H groups in total. The van der Waals surface area contributed by atoms with Crippen LogP contribution < -0.4 is 10.3 Å². The van der Waals surface area contributed by atoms with Gasteiger partial charge in [-0.05, 0) is 49.1 Å². The highest BCUT2D eigenvalue weighted by atomic mass is 16.5. The smallest absolute Gasteiger partial charge is 0.258 e. The second-order valence-electron chi connectivity index (χ2n) is 6.90. The van der Waals surface area contributed by atoms with Crippen molar-refractivity contribution in [1.82, 2.24) is 9.47 Å². The van der Waals surface area contributed by atoms with Gasteiger partial charge in [-0.15, -0.1) is 0 Å². The molecule has 1 heterocycles. The number of nitrogens with zero attached hydrogens (tertiary/aromatic N) is 2. The van der Waals surface area contributed by atoms with Gasteiger partial charge in [0.15, 0.2) is 0 Å². The molecular formula is C22H24N2O3. The lowest BCUT2D eigenvalue weighted by molar-refractivity contribution is -0.131. The molecule has 5 heteroatoms. The van der Waals surface area contributed by atoms with Gasteiger partial charge in [-0.3, -0.25) is 9.59 Å². The fourth-order valence-corrected chi connectivity index (χ4v) is 2.95. The maximum atomic E-state index is 12.7. The molecule has 0 aliphatic rings. The topological polar surface area (TPSA) is 51.5 Å². The van der Waals surface area contributed by atoms with Gasteiger partial charge in [-0.25, -0.2) is 0 Å². The van der Waals surface area contributed by atoms with Crippen molar-refractivity contribution in [2.24, 2.45) is 0 Å². The Hall–Kier alpha value is -3.08. The van der Waals surface area contributed by atoms with Crippen molar-refractivity contribution >= 4 is 16.7 Å². The standard InChI is InChI=1S/C22H24N2O3/c1-16(2)27-19-9-10-20-18(13-19)11-12-24(22(20)26)15-21(25)23(3)14-17-7-5-4-6-8-17/h4-13,16H,14-15H2,1-3H3.